The molecule has 1 fully saturated rings. The summed E-state index contributed by atoms with van der Waals surface area (Å²) in [6, 6.07) is 9.64. The number of thioether (sulfide) groups is 1. The number of benzene rings is 1. The third-order valence-electron chi connectivity index (χ3n) is 2.99. The molecule has 0 bridgehead atoms. The summed E-state index contributed by atoms with van der Waals surface area (Å²) in [4.78, 5) is 4.35. The van der Waals surface area contributed by atoms with E-state index in [1.54, 1.807) is 6.21 Å². The van der Waals surface area contributed by atoms with E-state index in [0.717, 1.165) is 5.56 Å². The largest absolute Gasteiger partial charge is 0.256 e. The van der Waals surface area contributed by atoms with Gasteiger partial charge >= 0.3 is 0 Å². The molecule has 2 aliphatic rings. The predicted octanol–water partition coefficient (Wildman–Crippen LogP) is 1.46. The summed E-state index contributed by atoms with van der Waals surface area (Å²) in [5.74, 6) is 0.387. The van der Waals surface area contributed by atoms with Crippen molar-refractivity contribution < 1.29 is 8.42 Å². The lowest BCUT2D eigenvalue weighted by Gasteiger charge is -2.01. The molecule has 0 radical (unpaired) electrons. The summed E-state index contributed by atoms with van der Waals surface area (Å²) < 4.78 is 22.8. The quantitative estimate of drug-likeness (QED) is 0.627. The molecule has 1 N–H and O–H groups in total. The van der Waals surface area contributed by atoms with Crippen LogP contribution in [-0.4, -0.2) is 42.6 Å². The van der Waals surface area contributed by atoms with Gasteiger partial charge in [0.05, 0.1) is 23.8 Å². The van der Waals surface area contributed by atoms with E-state index >= 15 is 0 Å². The molecule has 3 rings (SSSR count). The van der Waals surface area contributed by atoms with E-state index < -0.39 is 9.84 Å². The first kappa shape index (κ1) is 15.5. The lowest BCUT2D eigenvalue weighted by molar-refractivity contribution is 0.601. The molecule has 0 amide bonds. The third kappa shape index (κ3) is 3.62. The SMILES string of the molecule is Br.O=S1(=O)CC2N=C(NN=Cc3ccccc3)SC2C1. The first-order valence-corrected chi connectivity index (χ1v) is 8.61. The number of hydrogen-bond donors (Lipinski definition) is 1. The van der Waals surface area contributed by atoms with Crippen LogP contribution in [0, 0.1) is 0 Å². The lowest BCUT2D eigenvalue weighted by Crippen LogP contribution is -2.15. The topological polar surface area (TPSA) is 70.9 Å². The number of aliphatic imine (C=N–C) groups is 1. The number of sulfone groups is 1. The van der Waals surface area contributed by atoms with E-state index in [2.05, 4.69) is 15.5 Å². The molecule has 2 unspecified atom stereocenters. The van der Waals surface area contributed by atoms with Gasteiger partial charge in [-0.05, 0) is 5.56 Å². The van der Waals surface area contributed by atoms with Crippen molar-refractivity contribution in [1.82, 2.24) is 5.43 Å². The van der Waals surface area contributed by atoms with Gasteiger partial charge in [-0.3, -0.25) is 10.4 Å². The maximum absolute atomic E-state index is 11.4. The van der Waals surface area contributed by atoms with Gasteiger partial charge in [0.15, 0.2) is 15.0 Å². The Morgan fingerprint density at radius 2 is 2.05 bits per heavy atom. The minimum atomic E-state index is -2.89. The second-order valence-electron chi connectivity index (χ2n) is 4.52. The molecule has 20 heavy (non-hydrogen) atoms. The van der Waals surface area contributed by atoms with Crippen molar-refractivity contribution in [2.24, 2.45) is 10.1 Å². The van der Waals surface area contributed by atoms with E-state index in [1.807, 2.05) is 30.3 Å². The van der Waals surface area contributed by atoms with Gasteiger partial charge in [0.25, 0.3) is 0 Å². The van der Waals surface area contributed by atoms with Crippen LogP contribution in [-0.2, 0) is 9.84 Å². The van der Waals surface area contributed by atoms with Crippen LogP contribution < -0.4 is 5.43 Å². The van der Waals surface area contributed by atoms with Gasteiger partial charge in [-0.25, -0.2) is 8.42 Å². The van der Waals surface area contributed by atoms with Gasteiger partial charge in [0.1, 0.15) is 0 Å². The highest BCUT2D eigenvalue weighted by Gasteiger charge is 2.42. The van der Waals surface area contributed by atoms with Crippen LogP contribution in [0.25, 0.3) is 0 Å². The number of nitrogens with one attached hydrogen (secondary N) is 1. The van der Waals surface area contributed by atoms with Crippen molar-refractivity contribution in [3.8, 4) is 0 Å². The van der Waals surface area contributed by atoms with Crippen molar-refractivity contribution in [2.75, 3.05) is 11.5 Å². The zero-order valence-electron chi connectivity index (χ0n) is 10.5. The summed E-state index contributed by atoms with van der Waals surface area (Å²) >= 11 is 1.46. The summed E-state index contributed by atoms with van der Waals surface area (Å²) in [6.07, 6.45) is 1.72. The molecule has 8 heteroatoms. The monoisotopic (exact) mass is 375 g/mol. The number of amidine groups is 1. The number of rotatable bonds is 2. The first-order valence-electron chi connectivity index (χ1n) is 5.91. The molecule has 2 aliphatic heterocycles. The van der Waals surface area contributed by atoms with Gasteiger partial charge in [0.2, 0.25) is 0 Å². The number of nitrogens with zero attached hydrogens (tertiary/aromatic N) is 2. The minimum Gasteiger partial charge on any atom is -0.256 e. The lowest BCUT2D eigenvalue weighted by atomic mass is 10.2. The molecule has 1 aromatic carbocycles. The molecule has 0 saturated carbocycles. The van der Waals surface area contributed by atoms with Gasteiger partial charge in [-0.2, -0.15) is 5.10 Å². The number of hydrogen-bond acceptors (Lipinski definition) is 6. The Balaban J connectivity index is 0.00000147. The van der Waals surface area contributed by atoms with Crippen LogP contribution in [0.1, 0.15) is 5.56 Å². The smallest absolute Gasteiger partial charge is 0.177 e. The normalized spacial score (nSPS) is 26.9. The highest BCUT2D eigenvalue weighted by Crippen LogP contribution is 2.33. The van der Waals surface area contributed by atoms with Crippen LogP contribution in [0.3, 0.4) is 0 Å². The van der Waals surface area contributed by atoms with Crippen LogP contribution in [0.2, 0.25) is 0 Å². The van der Waals surface area contributed by atoms with Crippen LogP contribution >= 0.6 is 28.7 Å². The molecule has 0 aromatic heterocycles. The van der Waals surface area contributed by atoms with Crippen molar-refractivity contribution >= 4 is 50.0 Å². The number of hydrazone groups is 1. The van der Waals surface area contributed by atoms with E-state index in [1.165, 1.54) is 11.8 Å². The van der Waals surface area contributed by atoms with E-state index in [-0.39, 0.29) is 39.8 Å². The Hall–Kier alpha value is -0.860. The van der Waals surface area contributed by atoms with Gasteiger partial charge in [0, 0.05) is 5.25 Å². The Morgan fingerprint density at radius 3 is 2.75 bits per heavy atom. The summed E-state index contributed by atoms with van der Waals surface area (Å²) in [5.41, 5.74) is 3.87. The minimum absolute atomic E-state index is 0. The molecular formula is C12H14BrN3O2S2. The van der Waals surface area contributed by atoms with Crippen molar-refractivity contribution in [3.05, 3.63) is 35.9 Å². The average molecular weight is 376 g/mol. The van der Waals surface area contributed by atoms with Gasteiger partial charge < -0.3 is 0 Å². The Morgan fingerprint density at radius 1 is 1.30 bits per heavy atom. The fourth-order valence-corrected chi connectivity index (χ4v) is 5.72. The molecule has 5 nitrogen and oxygen atoms in total. The van der Waals surface area contributed by atoms with Gasteiger partial charge in [-0.1, -0.05) is 42.1 Å². The highest BCUT2D eigenvalue weighted by molar-refractivity contribution is 8.93. The molecular weight excluding hydrogens is 362 g/mol. The predicted molar refractivity (Wildman–Crippen MR) is 88.7 cm³/mol. The van der Waals surface area contributed by atoms with Crippen molar-refractivity contribution in [1.29, 1.82) is 0 Å². The molecule has 108 valence electrons. The molecule has 0 spiro atoms. The Bertz CT molecular complexity index is 631. The maximum atomic E-state index is 11.4. The van der Waals surface area contributed by atoms with Crippen molar-refractivity contribution in [2.45, 2.75) is 11.3 Å². The zero-order chi connectivity index (χ0) is 13.3. The van der Waals surface area contributed by atoms with Crippen LogP contribution in [0.15, 0.2) is 40.4 Å². The molecule has 2 heterocycles. The van der Waals surface area contributed by atoms with E-state index in [9.17, 15) is 8.42 Å². The summed E-state index contributed by atoms with van der Waals surface area (Å²) in [6.45, 7) is 0. The molecule has 0 aliphatic carbocycles. The van der Waals surface area contributed by atoms with Gasteiger partial charge in [-0.15, -0.1) is 17.0 Å². The highest BCUT2D eigenvalue weighted by atomic mass is 79.9. The Labute approximate surface area is 132 Å². The second kappa shape index (κ2) is 6.28. The number of halogens is 1. The van der Waals surface area contributed by atoms with E-state index in [0.29, 0.717) is 5.17 Å². The maximum Gasteiger partial charge on any atom is 0.177 e. The third-order valence-corrected chi connectivity index (χ3v) is 6.12. The zero-order valence-corrected chi connectivity index (χ0v) is 13.8. The summed E-state index contributed by atoms with van der Waals surface area (Å²) in [5, 5.41) is 4.87. The standard InChI is InChI=1S/C12H13N3O2S2.BrH/c16-19(17)7-10-11(8-19)18-12(14-10)15-13-6-9-4-2-1-3-5-9;/h1-6,10-11H,7-8H2,(H,14,15);1H. The second-order valence-corrected chi connectivity index (χ2v) is 7.90. The fraction of sp³-hybridized carbons (Fsp3) is 0.333. The van der Waals surface area contributed by atoms with Crippen LogP contribution in [0.4, 0.5) is 0 Å². The van der Waals surface area contributed by atoms with Crippen LogP contribution in [0.5, 0.6) is 0 Å². The molecule has 2 atom stereocenters. The molecule has 1 saturated heterocycles. The van der Waals surface area contributed by atoms with E-state index in [4.69, 9.17) is 0 Å². The first-order chi connectivity index (χ1) is 9.12. The average Bonchev–Trinajstić information content (AvgIpc) is 2.83. The molecule has 1 aromatic rings. The fourth-order valence-electron chi connectivity index (χ4n) is 2.11. The number of fused-ring (bicyclic) bond motifs is 1. The Kier molecular flexibility index (Phi) is 4.87. The van der Waals surface area contributed by atoms with Crippen molar-refractivity contribution in [3.63, 3.8) is 0 Å². The summed E-state index contributed by atoms with van der Waals surface area (Å²) in [7, 11) is -2.89.